The zero-order chi connectivity index (χ0) is 22.8. The number of fused-ring (bicyclic) bond motifs is 1. The zero-order valence-corrected chi connectivity index (χ0v) is 18.8. The maximum Gasteiger partial charge on any atom is 0.338 e. The second-order valence-corrected chi connectivity index (χ2v) is 8.26. The van der Waals surface area contributed by atoms with E-state index in [0.717, 1.165) is 53.8 Å². The van der Waals surface area contributed by atoms with E-state index in [1.807, 2.05) is 25.1 Å². The second-order valence-electron chi connectivity index (χ2n) is 8.26. The smallest absolute Gasteiger partial charge is 0.338 e. The molecule has 32 heavy (non-hydrogen) atoms. The summed E-state index contributed by atoms with van der Waals surface area (Å²) in [6.45, 7) is 7.44. The molecule has 1 saturated heterocycles. The Labute approximate surface area is 188 Å². The van der Waals surface area contributed by atoms with Crippen molar-refractivity contribution >= 4 is 22.7 Å². The summed E-state index contributed by atoms with van der Waals surface area (Å²) < 4.78 is 10.9. The van der Waals surface area contributed by atoms with Crippen LogP contribution in [0.5, 0.6) is 0 Å². The molecule has 1 aromatic carbocycles. The Kier molecular flexibility index (Phi) is 6.04. The van der Waals surface area contributed by atoms with Crippen molar-refractivity contribution < 1.29 is 14.3 Å². The average molecular weight is 433 g/mol. The lowest BCUT2D eigenvalue weighted by Gasteiger charge is -2.33. The average Bonchev–Trinajstić information content (AvgIpc) is 2.78. The van der Waals surface area contributed by atoms with Crippen LogP contribution in [0.3, 0.4) is 0 Å². The number of rotatable bonds is 4. The van der Waals surface area contributed by atoms with E-state index in [4.69, 9.17) is 20.2 Å². The third-order valence-electron chi connectivity index (χ3n) is 6.05. The Bertz CT molecular complexity index is 1170. The number of benzene rings is 1. The number of aryl methyl sites for hydroxylation is 1. The Morgan fingerprint density at radius 2 is 2.03 bits per heavy atom. The molecule has 0 bridgehead atoms. The first-order valence-corrected chi connectivity index (χ1v) is 11.1. The molecule has 2 N–H and O–H groups in total. The van der Waals surface area contributed by atoms with Gasteiger partial charge in [-0.15, -0.1) is 0 Å². The predicted molar refractivity (Wildman–Crippen MR) is 123 cm³/mol. The van der Waals surface area contributed by atoms with E-state index in [2.05, 4.69) is 17.0 Å². The van der Waals surface area contributed by atoms with Gasteiger partial charge in [-0.25, -0.2) is 9.78 Å². The van der Waals surface area contributed by atoms with Crippen LogP contribution >= 0.6 is 0 Å². The molecule has 0 radical (unpaired) electrons. The Balaban J connectivity index is 1.99. The van der Waals surface area contributed by atoms with Gasteiger partial charge in [-0.2, -0.15) is 5.26 Å². The highest BCUT2D eigenvalue weighted by atomic mass is 16.5. The molecule has 0 aliphatic carbocycles. The Morgan fingerprint density at radius 1 is 1.28 bits per heavy atom. The number of hydrogen-bond donors (Lipinski definition) is 1. The fourth-order valence-electron chi connectivity index (χ4n) is 4.52. The van der Waals surface area contributed by atoms with Gasteiger partial charge in [0, 0.05) is 24.0 Å². The molecule has 4 rings (SSSR count). The van der Waals surface area contributed by atoms with Crippen molar-refractivity contribution in [2.75, 3.05) is 24.6 Å². The number of carbonyl (C=O) groups is 1. The van der Waals surface area contributed by atoms with Crippen LogP contribution in [0, 0.1) is 18.3 Å². The maximum absolute atomic E-state index is 13.0. The molecule has 1 fully saturated rings. The normalized spacial score (nSPS) is 19.1. The van der Waals surface area contributed by atoms with E-state index < -0.39 is 11.9 Å². The van der Waals surface area contributed by atoms with Crippen LogP contribution in [0.2, 0.25) is 0 Å². The highest BCUT2D eigenvalue weighted by molar-refractivity contribution is 5.94. The number of nitrogens with zero attached hydrogens (tertiary/aromatic N) is 3. The van der Waals surface area contributed by atoms with Gasteiger partial charge in [0.1, 0.15) is 23.2 Å². The van der Waals surface area contributed by atoms with E-state index in [1.165, 1.54) is 6.42 Å². The van der Waals surface area contributed by atoms with Gasteiger partial charge < -0.3 is 20.1 Å². The molecule has 2 aromatic rings. The van der Waals surface area contributed by atoms with Crippen LogP contribution in [0.15, 0.2) is 47.1 Å². The summed E-state index contributed by atoms with van der Waals surface area (Å²) in [5, 5.41) is 10.9. The number of nitrogens with two attached hydrogens (primary N) is 1. The summed E-state index contributed by atoms with van der Waals surface area (Å²) in [6, 6.07) is 10.3. The molecule has 7 heteroatoms. The van der Waals surface area contributed by atoms with Crippen molar-refractivity contribution in [1.82, 2.24) is 4.98 Å². The molecule has 166 valence electrons. The van der Waals surface area contributed by atoms with Crippen molar-refractivity contribution in [2.45, 2.75) is 46.0 Å². The summed E-state index contributed by atoms with van der Waals surface area (Å²) in [4.78, 5) is 20.3. The van der Waals surface area contributed by atoms with Crippen molar-refractivity contribution in [2.24, 2.45) is 5.73 Å². The summed E-state index contributed by atoms with van der Waals surface area (Å²) in [6.07, 6.45) is 3.33. The minimum atomic E-state index is -0.706. The van der Waals surface area contributed by atoms with E-state index >= 15 is 0 Å². The zero-order valence-electron chi connectivity index (χ0n) is 18.8. The van der Waals surface area contributed by atoms with Crippen LogP contribution in [-0.4, -0.2) is 30.6 Å². The first-order chi connectivity index (χ1) is 15.4. The SMILES string of the molecule is CCOC(=O)C1=C(C)OC(N)=C(C#N)[C@@H]1c1cc2ccc(C)cc2nc1N1CCCCC1. The summed E-state index contributed by atoms with van der Waals surface area (Å²) in [5.74, 6) is -0.0770. The number of hydrogen-bond acceptors (Lipinski definition) is 7. The highest BCUT2D eigenvalue weighted by Gasteiger charge is 2.39. The standard InChI is InChI=1S/C25H28N4O3/c1-4-31-25(30)21-16(3)32-23(27)19(14-26)22(21)18-13-17-9-8-15(2)12-20(17)28-24(18)29-10-6-5-7-11-29/h8-9,12-13,22H,4-7,10-11,27H2,1-3H3/t22-/m0/s1. The van der Waals surface area contributed by atoms with Gasteiger partial charge >= 0.3 is 5.97 Å². The summed E-state index contributed by atoms with van der Waals surface area (Å²) in [5.41, 5.74) is 9.39. The summed E-state index contributed by atoms with van der Waals surface area (Å²) in [7, 11) is 0. The monoisotopic (exact) mass is 432 g/mol. The molecule has 0 amide bonds. The van der Waals surface area contributed by atoms with E-state index in [1.54, 1.807) is 13.8 Å². The number of carbonyl (C=O) groups excluding carboxylic acids is 1. The van der Waals surface area contributed by atoms with Gasteiger partial charge in [0.2, 0.25) is 5.88 Å². The molecule has 0 saturated carbocycles. The number of pyridine rings is 1. The summed E-state index contributed by atoms with van der Waals surface area (Å²) >= 11 is 0. The maximum atomic E-state index is 13.0. The van der Waals surface area contributed by atoms with Crippen molar-refractivity contribution in [3.05, 3.63) is 58.2 Å². The lowest BCUT2D eigenvalue weighted by molar-refractivity contribution is -0.139. The minimum Gasteiger partial charge on any atom is -0.463 e. The first kappa shape index (κ1) is 21.7. The molecule has 1 atom stereocenters. The number of nitriles is 1. The Morgan fingerprint density at radius 3 is 2.72 bits per heavy atom. The van der Waals surface area contributed by atoms with Crippen molar-refractivity contribution in [3.63, 3.8) is 0 Å². The van der Waals surface area contributed by atoms with Crippen molar-refractivity contribution in [1.29, 1.82) is 5.26 Å². The van der Waals surface area contributed by atoms with Crippen LogP contribution < -0.4 is 10.6 Å². The molecule has 7 nitrogen and oxygen atoms in total. The van der Waals surface area contributed by atoms with Crippen LogP contribution in [0.25, 0.3) is 10.9 Å². The number of ether oxygens (including phenoxy) is 2. The minimum absolute atomic E-state index is 0.0108. The molecule has 2 aliphatic heterocycles. The fourth-order valence-corrected chi connectivity index (χ4v) is 4.52. The predicted octanol–water partition coefficient (Wildman–Crippen LogP) is 4.18. The lowest BCUT2D eigenvalue weighted by atomic mass is 9.82. The number of anilines is 1. The number of esters is 1. The molecule has 0 unspecified atom stereocenters. The molecular formula is C25H28N4O3. The van der Waals surface area contributed by atoms with Gasteiger partial charge in [-0.05, 0) is 57.7 Å². The van der Waals surface area contributed by atoms with Crippen LogP contribution in [0.1, 0.15) is 50.2 Å². The van der Waals surface area contributed by atoms with Gasteiger partial charge in [0.15, 0.2) is 0 Å². The quantitative estimate of drug-likeness (QED) is 0.723. The molecule has 1 aromatic heterocycles. The lowest BCUT2D eigenvalue weighted by Crippen LogP contribution is -2.33. The van der Waals surface area contributed by atoms with Crippen LogP contribution in [-0.2, 0) is 14.3 Å². The topological polar surface area (TPSA) is 101 Å². The number of allylic oxidation sites excluding steroid dienone is 2. The van der Waals surface area contributed by atoms with Crippen molar-refractivity contribution in [3.8, 4) is 6.07 Å². The van der Waals surface area contributed by atoms with Gasteiger partial charge in [0.25, 0.3) is 0 Å². The molecule has 3 heterocycles. The third-order valence-corrected chi connectivity index (χ3v) is 6.05. The molecule has 2 aliphatic rings. The Hall–Kier alpha value is -3.53. The fraction of sp³-hybridized carbons (Fsp3) is 0.400. The van der Waals surface area contributed by atoms with E-state index in [9.17, 15) is 10.1 Å². The molecular weight excluding hydrogens is 404 g/mol. The van der Waals surface area contributed by atoms with Gasteiger partial charge in [-0.3, -0.25) is 0 Å². The third kappa shape index (κ3) is 3.89. The van der Waals surface area contributed by atoms with Gasteiger partial charge in [0.05, 0.1) is 23.6 Å². The highest BCUT2D eigenvalue weighted by Crippen LogP contribution is 2.44. The number of piperidine rings is 1. The second kappa shape index (κ2) is 8.91. The largest absolute Gasteiger partial charge is 0.463 e. The first-order valence-electron chi connectivity index (χ1n) is 11.1. The van der Waals surface area contributed by atoms with E-state index in [-0.39, 0.29) is 18.1 Å². The van der Waals surface area contributed by atoms with Crippen LogP contribution in [0.4, 0.5) is 5.82 Å². The molecule has 0 spiro atoms. The number of aromatic nitrogens is 1. The van der Waals surface area contributed by atoms with Gasteiger partial charge in [-0.1, -0.05) is 12.1 Å². The van der Waals surface area contributed by atoms with E-state index in [0.29, 0.717) is 11.3 Å².